The molecule has 1 unspecified atom stereocenters. The summed E-state index contributed by atoms with van der Waals surface area (Å²) in [6.45, 7) is 17.7. The summed E-state index contributed by atoms with van der Waals surface area (Å²) in [5.74, 6) is 0.850. The van der Waals surface area contributed by atoms with E-state index in [-0.39, 0.29) is 17.1 Å². The van der Waals surface area contributed by atoms with Gasteiger partial charge in [-0.2, -0.15) is 0 Å². The van der Waals surface area contributed by atoms with E-state index >= 15 is 0 Å². The van der Waals surface area contributed by atoms with E-state index in [4.69, 9.17) is 29.4 Å². The third kappa shape index (κ3) is 7.66. The first-order valence-electron chi connectivity index (χ1n) is 11.3. The largest absolute Gasteiger partial charge is 0.650 e. The molecule has 0 spiro atoms. The van der Waals surface area contributed by atoms with Crippen molar-refractivity contribution in [3.05, 3.63) is 70.0 Å². The second-order valence-corrected chi connectivity index (χ2v) is 15.7. The normalized spacial score (nSPS) is 19.2. The summed E-state index contributed by atoms with van der Waals surface area (Å²) in [7, 11) is 11.6. The van der Waals surface area contributed by atoms with Crippen LogP contribution in [0.25, 0.3) is 5.32 Å². The van der Waals surface area contributed by atoms with Crippen molar-refractivity contribution < 1.29 is 18.3 Å². The third-order valence-corrected chi connectivity index (χ3v) is 7.48. The average molecular weight is 565 g/mol. The minimum absolute atomic E-state index is 0.113. The summed E-state index contributed by atoms with van der Waals surface area (Å²) in [5.41, 5.74) is 5.71. The molecule has 2 aromatic carbocycles. The van der Waals surface area contributed by atoms with Gasteiger partial charge in [-0.3, -0.25) is 0 Å². The Bertz CT molecular complexity index is 933. The first kappa shape index (κ1) is 27.5. The van der Waals surface area contributed by atoms with Gasteiger partial charge in [0.05, 0.1) is 0 Å². The third-order valence-electron chi connectivity index (χ3n) is 5.64. The van der Waals surface area contributed by atoms with E-state index in [0.717, 1.165) is 17.7 Å². The van der Waals surface area contributed by atoms with Gasteiger partial charge < -0.3 is 5.32 Å². The first-order chi connectivity index (χ1) is 14.9. The molecule has 0 bridgehead atoms. The van der Waals surface area contributed by atoms with E-state index < -0.39 is 13.5 Å². The van der Waals surface area contributed by atoms with Gasteiger partial charge in [0.15, 0.2) is 0 Å². The predicted octanol–water partition coefficient (Wildman–Crippen LogP) is 8.73. The van der Waals surface area contributed by atoms with Crippen LogP contribution in [0.5, 0.6) is 5.75 Å². The summed E-state index contributed by atoms with van der Waals surface area (Å²) in [5, 5.41) is 5.11. The van der Waals surface area contributed by atoms with Crippen LogP contribution in [-0.4, -0.2) is 16.3 Å². The molecule has 1 heterocycles. The van der Waals surface area contributed by atoms with E-state index in [0.29, 0.717) is 6.04 Å². The average Bonchev–Trinajstić information content (AvgIpc) is 2.89. The molecule has 2 aromatic rings. The van der Waals surface area contributed by atoms with Crippen molar-refractivity contribution in [3.8, 4) is 5.75 Å². The van der Waals surface area contributed by atoms with Gasteiger partial charge in [0.2, 0.25) is 0 Å². The van der Waals surface area contributed by atoms with Crippen molar-refractivity contribution in [2.24, 2.45) is 5.41 Å². The van der Waals surface area contributed by atoms with Gasteiger partial charge in [0.25, 0.3) is 0 Å². The van der Waals surface area contributed by atoms with Crippen LogP contribution in [0.4, 0.5) is 0 Å². The Morgan fingerprint density at radius 2 is 1.75 bits per heavy atom. The van der Waals surface area contributed by atoms with E-state index in [1.165, 1.54) is 23.1 Å². The molecular formula is C27H38Cl2NORu-. The number of benzene rings is 2. The number of nitrogens with zero attached hydrogens (tertiary/aromatic N) is 1. The number of halogens is 2. The second kappa shape index (κ2) is 11.6. The van der Waals surface area contributed by atoms with Gasteiger partial charge in [-0.25, -0.2) is 0 Å². The fourth-order valence-corrected chi connectivity index (χ4v) is 6.49. The predicted molar refractivity (Wildman–Crippen MR) is 138 cm³/mol. The van der Waals surface area contributed by atoms with Crippen LogP contribution in [-0.2, 0) is 19.9 Å². The van der Waals surface area contributed by atoms with Gasteiger partial charge >= 0.3 is 97.8 Å². The van der Waals surface area contributed by atoms with Crippen molar-refractivity contribution in [2.75, 3.05) is 0 Å². The van der Waals surface area contributed by atoms with Crippen molar-refractivity contribution in [1.82, 2.24) is 0 Å². The smallest absolute Gasteiger partial charge is 0.0305 e. The molecule has 1 fully saturated rings. The molecule has 0 N–H and O–H groups in total. The maximum atomic E-state index is 5.82. The molecule has 0 aliphatic carbocycles. The fraction of sp³-hybridized carbons (Fsp3) is 0.519. The van der Waals surface area contributed by atoms with Crippen molar-refractivity contribution >= 4 is 24.0 Å². The Labute approximate surface area is 208 Å². The van der Waals surface area contributed by atoms with Crippen molar-refractivity contribution in [1.29, 1.82) is 0 Å². The summed E-state index contributed by atoms with van der Waals surface area (Å²) in [6, 6.07) is 14.8. The summed E-state index contributed by atoms with van der Waals surface area (Å²) in [4.78, 5) is 0. The Morgan fingerprint density at radius 3 is 2.28 bits per heavy atom. The Kier molecular flexibility index (Phi) is 9.98. The maximum Gasteiger partial charge on any atom is -0.0305 e. The van der Waals surface area contributed by atoms with Gasteiger partial charge in [0.1, 0.15) is 0 Å². The molecule has 1 aliphatic rings. The van der Waals surface area contributed by atoms with Crippen LogP contribution in [0.3, 0.4) is 0 Å². The Balaban J connectivity index is 0.000000235. The molecule has 1 atom stereocenters. The molecule has 1 aliphatic heterocycles. The second-order valence-electron chi connectivity index (χ2n) is 10.0. The molecular weight excluding hydrogens is 526 g/mol. The molecule has 2 nitrogen and oxygen atoms in total. The monoisotopic (exact) mass is 564 g/mol. The minimum atomic E-state index is -1.77. The van der Waals surface area contributed by atoms with E-state index in [2.05, 4.69) is 59.7 Å². The number of hydrogen-bond donors (Lipinski definition) is 0. The van der Waals surface area contributed by atoms with Crippen LogP contribution >= 0.6 is 19.4 Å². The Morgan fingerprint density at radius 1 is 1.09 bits per heavy atom. The zero-order valence-electron chi connectivity index (χ0n) is 20.7. The molecule has 5 heteroatoms. The first-order valence-corrected chi connectivity index (χ1v) is 16.7. The SMILES string of the molecule is CC(C)Oc1ccccc1[CH]=[Ru]([Cl])[Cl].CCc1cccc(C)c1C1[N-]C(C)(C)CC1(C)C. The number of aryl methyl sites for hydroxylation is 2. The number of ether oxygens (including phenoxy) is 1. The van der Waals surface area contributed by atoms with Gasteiger partial charge in [-0.05, 0) is 29.9 Å². The maximum absolute atomic E-state index is 5.82. The molecule has 0 radical (unpaired) electrons. The van der Waals surface area contributed by atoms with Crippen LogP contribution in [0.15, 0.2) is 42.5 Å². The number of para-hydroxylation sites is 1. The van der Waals surface area contributed by atoms with E-state index in [1.54, 1.807) is 0 Å². The quantitative estimate of drug-likeness (QED) is 0.333. The zero-order valence-corrected chi connectivity index (χ0v) is 23.9. The van der Waals surface area contributed by atoms with E-state index in [1.807, 2.05) is 42.7 Å². The van der Waals surface area contributed by atoms with Crippen LogP contribution in [0.2, 0.25) is 0 Å². The zero-order chi connectivity index (χ0) is 24.1. The van der Waals surface area contributed by atoms with Crippen molar-refractivity contribution in [2.45, 2.75) is 85.9 Å². The standard InChI is InChI=1S/C17H26N.C10H12O.2ClH.Ru/c1-7-13-10-8-9-12(2)14(13)15-16(3,4)11-17(5,6)18-15;1-8(2)11-10-7-5-4-6-9(10)3;;;/h8-10,15H,7,11H2,1-6H3;3-8H,1-2H3;2*1H;/q-1;;;;+2/p-2. The molecule has 180 valence electrons. The number of rotatable bonds is 5. The summed E-state index contributed by atoms with van der Waals surface area (Å²) >= 11 is -1.77. The van der Waals surface area contributed by atoms with Gasteiger partial charge in [-0.15, -0.1) is 11.6 Å². The molecule has 0 aromatic heterocycles. The Hall–Kier alpha value is -0.727. The van der Waals surface area contributed by atoms with Crippen LogP contribution < -0.4 is 4.74 Å². The molecule has 1 saturated heterocycles. The molecule has 3 rings (SSSR count). The van der Waals surface area contributed by atoms with Gasteiger partial charge in [-0.1, -0.05) is 64.8 Å². The minimum Gasteiger partial charge on any atom is -0.650 e. The molecule has 0 saturated carbocycles. The summed E-state index contributed by atoms with van der Waals surface area (Å²) < 4.78 is 7.51. The topological polar surface area (TPSA) is 23.3 Å². The molecule has 0 amide bonds. The molecule has 32 heavy (non-hydrogen) atoms. The number of hydrogen-bond acceptors (Lipinski definition) is 1. The van der Waals surface area contributed by atoms with E-state index in [9.17, 15) is 0 Å². The summed E-state index contributed by atoms with van der Waals surface area (Å²) in [6.07, 6.45) is 2.43. The van der Waals surface area contributed by atoms with Gasteiger partial charge in [0, 0.05) is 0 Å². The van der Waals surface area contributed by atoms with Crippen LogP contribution in [0, 0.1) is 12.3 Å². The fourth-order valence-electron chi connectivity index (χ4n) is 4.69. The van der Waals surface area contributed by atoms with Crippen molar-refractivity contribution in [3.63, 3.8) is 0 Å². The van der Waals surface area contributed by atoms with Crippen LogP contribution in [0.1, 0.15) is 83.2 Å².